The van der Waals surface area contributed by atoms with Crippen LogP contribution in [0.15, 0.2) is 30.3 Å². The molecule has 1 N–H and O–H groups in total. The van der Waals surface area contributed by atoms with Crippen LogP contribution in [0, 0.1) is 6.92 Å². The predicted molar refractivity (Wildman–Crippen MR) is 99.1 cm³/mol. The number of anilines is 3. The van der Waals surface area contributed by atoms with E-state index in [2.05, 4.69) is 20.2 Å². The Labute approximate surface area is 153 Å². The van der Waals surface area contributed by atoms with Gasteiger partial charge >= 0.3 is 0 Å². The van der Waals surface area contributed by atoms with Gasteiger partial charge in [0.05, 0.1) is 26.0 Å². The van der Waals surface area contributed by atoms with Crippen LogP contribution in [0.3, 0.4) is 0 Å². The molecule has 0 atom stereocenters. The van der Waals surface area contributed by atoms with Crippen LogP contribution in [-0.2, 0) is 9.47 Å². The Kier molecular flexibility index (Phi) is 4.65. The largest absolute Gasteiger partial charge is 0.495 e. The van der Waals surface area contributed by atoms with E-state index in [1.165, 1.54) is 0 Å². The van der Waals surface area contributed by atoms with Crippen LogP contribution in [0.4, 0.5) is 17.3 Å². The first-order valence-electron chi connectivity index (χ1n) is 8.96. The van der Waals surface area contributed by atoms with Crippen LogP contribution < -0.4 is 15.0 Å². The molecule has 0 unspecified atom stereocenters. The quantitative estimate of drug-likeness (QED) is 0.903. The molecule has 1 aromatic heterocycles. The molecule has 2 saturated heterocycles. The number of piperidine rings is 1. The first-order chi connectivity index (χ1) is 12.7. The molecule has 0 aliphatic carbocycles. The van der Waals surface area contributed by atoms with Crippen LogP contribution in [0.2, 0.25) is 0 Å². The van der Waals surface area contributed by atoms with Gasteiger partial charge in [-0.15, -0.1) is 0 Å². The zero-order valence-electron chi connectivity index (χ0n) is 15.2. The van der Waals surface area contributed by atoms with E-state index < -0.39 is 0 Å². The second-order valence-corrected chi connectivity index (χ2v) is 6.58. The minimum atomic E-state index is -0.378. The molecule has 138 valence electrons. The standard InChI is InChI=1S/C19H24N4O3/c1-14-20-17(22-15-5-3-4-6-16(15)24-2)13-18(21-14)23-9-7-19(8-10-23)25-11-12-26-19/h3-6,13H,7-12H2,1-2H3,(H,20,21,22). The van der Waals surface area contributed by atoms with Gasteiger partial charge in [0.15, 0.2) is 5.79 Å². The Balaban J connectivity index is 1.51. The number of benzene rings is 1. The summed E-state index contributed by atoms with van der Waals surface area (Å²) in [5.74, 6) is 2.81. The number of hydrogen-bond acceptors (Lipinski definition) is 7. The molecule has 7 nitrogen and oxygen atoms in total. The van der Waals surface area contributed by atoms with Crippen molar-refractivity contribution in [2.24, 2.45) is 0 Å². The van der Waals surface area contributed by atoms with Crippen molar-refractivity contribution in [3.8, 4) is 5.75 Å². The molecular weight excluding hydrogens is 332 g/mol. The molecule has 7 heteroatoms. The smallest absolute Gasteiger partial charge is 0.171 e. The zero-order valence-corrected chi connectivity index (χ0v) is 15.2. The van der Waals surface area contributed by atoms with E-state index >= 15 is 0 Å². The number of aromatic nitrogens is 2. The molecule has 0 saturated carbocycles. The highest BCUT2D eigenvalue weighted by atomic mass is 16.7. The van der Waals surface area contributed by atoms with Crippen molar-refractivity contribution in [1.29, 1.82) is 0 Å². The van der Waals surface area contributed by atoms with E-state index in [9.17, 15) is 0 Å². The Morgan fingerprint density at radius 2 is 1.85 bits per heavy atom. The summed E-state index contributed by atoms with van der Waals surface area (Å²) < 4.78 is 17.0. The molecule has 0 bridgehead atoms. The average Bonchev–Trinajstić information content (AvgIpc) is 3.10. The molecule has 26 heavy (non-hydrogen) atoms. The van der Waals surface area contributed by atoms with Crippen molar-refractivity contribution in [2.75, 3.05) is 43.6 Å². The number of ether oxygens (including phenoxy) is 3. The summed E-state index contributed by atoms with van der Waals surface area (Å²) in [6.07, 6.45) is 1.71. The molecule has 2 aromatic rings. The monoisotopic (exact) mass is 356 g/mol. The maximum Gasteiger partial charge on any atom is 0.171 e. The van der Waals surface area contributed by atoms with E-state index in [4.69, 9.17) is 14.2 Å². The summed E-state index contributed by atoms with van der Waals surface area (Å²) in [6, 6.07) is 9.77. The first-order valence-corrected chi connectivity index (χ1v) is 8.96. The minimum Gasteiger partial charge on any atom is -0.495 e. The van der Waals surface area contributed by atoms with Crippen molar-refractivity contribution in [3.05, 3.63) is 36.2 Å². The predicted octanol–water partition coefficient (Wildman–Crippen LogP) is 2.88. The van der Waals surface area contributed by atoms with Crippen molar-refractivity contribution in [2.45, 2.75) is 25.6 Å². The highest BCUT2D eigenvalue weighted by Crippen LogP contribution is 2.33. The van der Waals surface area contributed by atoms with Crippen molar-refractivity contribution < 1.29 is 14.2 Å². The lowest BCUT2D eigenvalue weighted by Crippen LogP contribution is -2.45. The van der Waals surface area contributed by atoms with Gasteiger partial charge in [-0.05, 0) is 19.1 Å². The molecule has 3 heterocycles. The van der Waals surface area contributed by atoms with Crippen molar-refractivity contribution >= 4 is 17.3 Å². The number of hydrogen-bond donors (Lipinski definition) is 1. The van der Waals surface area contributed by atoms with E-state index in [1.807, 2.05) is 37.3 Å². The van der Waals surface area contributed by atoms with Gasteiger partial charge in [-0.3, -0.25) is 0 Å². The van der Waals surface area contributed by atoms with Gasteiger partial charge < -0.3 is 24.4 Å². The second-order valence-electron chi connectivity index (χ2n) is 6.58. The van der Waals surface area contributed by atoms with E-state index in [0.717, 1.165) is 54.8 Å². The Bertz CT molecular complexity index is 767. The average molecular weight is 356 g/mol. The maximum atomic E-state index is 5.81. The van der Waals surface area contributed by atoms with E-state index in [1.54, 1.807) is 7.11 Å². The maximum absolute atomic E-state index is 5.81. The third kappa shape index (κ3) is 3.45. The van der Waals surface area contributed by atoms with Gasteiger partial charge in [0, 0.05) is 32.0 Å². The molecule has 4 rings (SSSR count). The summed E-state index contributed by atoms with van der Waals surface area (Å²) >= 11 is 0. The van der Waals surface area contributed by atoms with Crippen LogP contribution >= 0.6 is 0 Å². The highest BCUT2D eigenvalue weighted by molar-refractivity contribution is 5.65. The number of nitrogens with one attached hydrogen (secondary N) is 1. The minimum absolute atomic E-state index is 0.378. The summed E-state index contributed by atoms with van der Waals surface area (Å²) in [4.78, 5) is 11.4. The highest BCUT2D eigenvalue weighted by Gasteiger charge is 2.40. The Hall–Kier alpha value is -2.38. The summed E-state index contributed by atoms with van der Waals surface area (Å²) in [5, 5.41) is 3.34. The zero-order chi connectivity index (χ0) is 18.0. The fourth-order valence-corrected chi connectivity index (χ4v) is 3.53. The normalized spacial score (nSPS) is 18.9. The molecule has 1 spiro atoms. The number of nitrogens with zero attached hydrogens (tertiary/aromatic N) is 3. The lowest BCUT2D eigenvalue weighted by atomic mass is 10.0. The topological polar surface area (TPSA) is 68.7 Å². The van der Waals surface area contributed by atoms with E-state index in [0.29, 0.717) is 13.2 Å². The van der Waals surface area contributed by atoms with Gasteiger partial charge in [-0.25, -0.2) is 9.97 Å². The summed E-state index contributed by atoms with van der Waals surface area (Å²) in [6.45, 7) is 5.00. The molecule has 0 radical (unpaired) electrons. The summed E-state index contributed by atoms with van der Waals surface area (Å²) in [5.41, 5.74) is 0.879. The molecule has 2 aliphatic heterocycles. The van der Waals surface area contributed by atoms with Gasteiger partial charge in [-0.1, -0.05) is 12.1 Å². The lowest BCUT2D eigenvalue weighted by Gasteiger charge is -2.38. The van der Waals surface area contributed by atoms with Gasteiger partial charge in [-0.2, -0.15) is 0 Å². The SMILES string of the molecule is COc1ccccc1Nc1cc(N2CCC3(CC2)OCCO3)nc(C)n1. The number of aryl methyl sites for hydroxylation is 1. The van der Waals surface area contributed by atoms with Crippen molar-refractivity contribution in [1.82, 2.24) is 9.97 Å². The number of para-hydroxylation sites is 2. The summed E-state index contributed by atoms with van der Waals surface area (Å²) in [7, 11) is 1.66. The second kappa shape index (κ2) is 7.09. The van der Waals surface area contributed by atoms with Crippen LogP contribution in [0.25, 0.3) is 0 Å². The third-order valence-electron chi connectivity index (χ3n) is 4.86. The van der Waals surface area contributed by atoms with Gasteiger partial charge in [0.25, 0.3) is 0 Å². The molecule has 1 aromatic carbocycles. The van der Waals surface area contributed by atoms with Crippen molar-refractivity contribution in [3.63, 3.8) is 0 Å². The van der Waals surface area contributed by atoms with Crippen LogP contribution in [-0.4, -0.2) is 49.2 Å². The Morgan fingerprint density at radius 1 is 1.12 bits per heavy atom. The number of rotatable bonds is 4. The van der Waals surface area contributed by atoms with Gasteiger partial charge in [0.1, 0.15) is 23.2 Å². The lowest BCUT2D eigenvalue weighted by molar-refractivity contribution is -0.169. The molecule has 2 aliphatic rings. The van der Waals surface area contributed by atoms with Gasteiger partial charge in [0.2, 0.25) is 0 Å². The van der Waals surface area contributed by atoms with Crippen LogP contribution in [0.1, 0.15) is 18.7 Å². The fraction of sp³-hybridized carbons (Fsp3) is 0.474. The molecule has 0 amide bonds. The molecular formula is C19H24N4O3. The fourth-order valence-electron chi connectivity index (χ4n) is 3.53. The Morgan fingerprint density at radius 3 is 2.58 bits per heavy atom. The molecule has 2 fully saturated rings. The number of methoxy groups -OCH3 is 1. The third-order valence-corrected chi connectivity index (χ3v) is 4.86. The van der Waals surface area contributed by atoms with E-state index in [-0.39, 0.29) is 5.79 Å². The first kappa shape index (κ1) is 17.1. The van der Waals surface area contributed by atoms with Crippen LogP contribution in [0.5, 0.6) is 5.75 Å².